The van der Waals surface area contributed by atoms with E-state index in [0.717, 1.165) is 30.8 Å². The molecule has 0 bridgehead atoms. The number of furan rings is 1. The number of carbonyl (C=O) groups excluding carboxylic acids is 1. The normalized spacial score (nSPS) is 16.9. The van der Waals surface area contributed by atoms with Gasteiger partial charge < -0.3 is 14.6 Å². The first kappa shape index (κ1) is 18.9. The average molecular weight is 389 g/mol. The highest BCUT2D eigenvalue weighted by molar-refractivity contribution is 5.91. The van der Waals surface area contributed by atoms with Gasteiger partial charge in [0.05, 0.1) is 12.3 Å². The monoisotopic (exact) mass is 389 g/mol. The molecule has 3 aromatic rings. The van der Waals surface area contributed by atoms with Crippen molar-refractivity contribution in [2.45, 2.75) is 32.2 Å². The Morgan fingerprint density at radius 2 is 2.14 bits per heavy atom. The molecule has 3 aromatic heterocycles. The minimum absolute atomic E-state index is 0.0598. The number of nitrogens with one attached hydrogen (secondary N) is 1. The average Bonchev–Trinajstić information content (AvgIpc) is 3.26. The van der Waals surface area contributed by atoms with Crippen LogP contribution in [-0.2, 0) is 4.79 Å². The lowest BCUT2D eigenvalue weighted by molar-refractivity contribution is -0.129. The van der Waals surface area contributed by atoms with Crippen LogP contribution >= 0.6 is 0 Å². The number of aromatic nitrogens is 3. The molecule has 1 fully saturated rings. The number of piperidine rings is 1. The van der Waals surface area contributed by atoms with E-state index in [1.807, 2.05) is 42.2 Å². The summed E-state index contributed by atoms with van der Waals surface area (Å²) in [5.41, 5.74) is 0.845. The van der Waals surface area contributed by atoms with Crippen molar-refractivity contribution in [3.8, 4) is 0 Å². The Bertz CT molecular complexity index is 986. The third-order valence-electron chi connectivity index (χ3n) is 4.81. The fourth-order valence-corrected chi connectivity index (χ4v) is 3.47. The molecule has 1 saturated heterocycles. The summed E-state index contributed by atoms with van der Waals surface area (Å²) in [5, 5.41) is 3.22. The van der Waals surface area contributed by atoms with Crippen molar-refractivity contribution >= 4 is 23.6 Å². The van der Waals surface area contributed by atoms with Crippen molar-refractivity contribution in [2.24, 2.45) is 0 Å². The Morgan fingerprint density at radius 1 is 1.21 bits per heavy atom. The minimum Gasteiger partial charge on any atom is -0.465 e. The number of hydrogen-bond acceptors (Lipinski definition) is 6. The van der Waals surface area contributed by atoms with E-state index in [1.54, 1.807) is 30.7 Å². The van der Waals surface area contributed by atoms with Gasteiger partial charge in [0.2, 0.25) is 5.91 Å². The van der Waals surface area contributed by atoms with Crippen molar-refractivity contribution in [3.63, 3.8) is 0 Å². The highest BCUT2D eigenvalue weighted by atomic mass is 16.3. The Balaban J connectivity index is 1.57. The van der Waals surface area contributed by atoms with E-state index in [1.165, 1.54) is 0 Å². The van der Waals surface area contributed by atoms with Gasteiger partial charge in [-0.1, -0.05) is 6.07 Å². The molecule has 0 saturated carbocycles. The number of carbonyl (C=O) groups is 1. The largest absolute Gasteiger partial charge is 0.465 e. The maximum Gasteiger partial charge on any atom is 0.247 e. The fraction of sp³-hybridized carbons (Fsp3) is 0.273. The fourth-order valence-electron chi connectivity index (χ4n) is 3.47. The number of aryl methyl sites for hydroxylation is 1. The summed E-state index contributed by atoms with van der Waals surface area (Å²) in [6, 6.07) is 11.0. The van der Waals surface area contributed by atoms with Gasteiger partial charge in [0.1, 0.15) is 17.4 Å². The van der Waals surface area contributed by atoms with Crippen LogP contribution in [0, 0.1) is 6.92 Å². The highest BCUT2D eigenvalue weighted by Gasteiger charge is 2.29. The second kappa shape index (κ2) is 8.68. The molecule has 4 rings (SSSR count). The Kier molecular flexibility index (Phi) is 5.65. The van der Waals surface area contributed by atoms with Gasteiger partial charge in [0, 0.05) is 30.6 Å². The van der Waals surface area contributed by atoms with Gasteiger partial charge in [0.25, 0.3) is 0 Å². The van der Waals surface area contributed by atoms with E-state index in [9.17, 15) is 4.79 Å². The number of amides is 1. The molecule has 1 aliphatic rings. The van der Waals surface area contributed by atoms with Gasteiger partial charge in [-0.15, -0.1) is 0 Å². The number of hydrogen-bond donors (Lipinski definition) is 1. The molecule has 4 heterocycles. The topological polar surface area (TPSA) is 84.2 Å². The van der Waals surface area contributed by atoms with Crippen LogP contribution in [0.3, 0.4) is 0 Å². The smallest absolute Gasteiger partial charge is 0.247 e. The number of pyridine rings is 1. The quantitative estimate of drug-likeness (QED) is 0.656. The molecule has 29 heavy (non-hydrogen) atoms. The number of rotatable bonds is 5. The molecular weight excluding hydrogens is 366 g/mol. The number of likely N-dealkylation sites (tertiary alicyclic amines) is 1. The van der Waals surface area contributed by atoms with Crippen LogP contribution in [-0.4, -0.2) is 32.3 Å². The zero-order valence-electron chi connectivity index (χ0n) is 16.3. The van der Waals surface area contributed by atoms with E-state index < -0.39 is 0 Å². The molecule has 1 amide bonds. The standard InChI is InChI=1S/C22H23N5O2/c1-16-15-20(25-19-9-2-4-12-23-19)26-22(24-16)18-8-3-5-13-27(18)21(28)11-10-17-7-6-14-29-17/h2,4,6-7,9-12,14-15,18H,3,5,8,13H2,1H3,(H,23,24,25,26)/b11-10+/t18-/m0/s1. The molecule has 1 aliphatic heterocycles. The lowest BCUT2D eigenvalue weighted by Crippen LogP contribution is -2.38. The van der Waals surface area contributed by atoms with Crippen molar-refractivity contribution < 1.29 is 9.21 Å². The van der Waals surface area contributed by atoms with Crippen LogP contribution in [0.15, 0.2) is 59.4 Å². The molecule has 0 aliphatic carbocycles. The molecule has 148 valence electrons. The van der Waals surface area contributed by atoms with Crippen LogP contribution in [0.2, 0.25) is 0 Å². The van der Waals surface area contributed by atoms with Crippen LogP contribution in [0.5, 0.6) is 0 Å². The number of nitrogens with zero attached hydrogens (tertiary/aromatic N) is 4. The second-order valence-corrected chi connectivity index (χ2v) is 6.98. The molecule has 0 radical (unpaired) electrons. The third-order valence-corrected chi connectivity index (χ3v) is 4.81. The molecule has 7 heteroatoms. The van der Waals surface area contributed by atoms with Crippen LogP contribution < -0.4 is 5.32 Å². The molecule has 7 nitrogen and oxygen atoms in total. The van der Waals surface area contributed by atoms with Crippen molar-refractivity contribution in [1.29, 1.82) is 0 Å². The highest BCUT2D eigenvalue weighted by Crippen LogP contribution is 2.30. The lowest BCUT2D eigenvalue weighted by Gasteiger charge is -2.34. The second-order valence-electron chi connectivity index (χ2n) is 6.98. The first-order chi connectivity index (χ1) is 14.2. The zero-order chi connectivity index (χ0) is 20.1. The van der Waals surface area contributed by atoms with Crippen molar-refractivity contribution in [1.82, 2.24) is 19.9 Å². The third kappa shape index (κ3) is 4.68. The Hall–Kier alpha value is -3.48. The van der Waals surface area contributed by atoms with Gasteiger partial charge in [-0.2, -0.15) is 0 Å². The van der Waals surface area contributed by atoms with Gasteiger partial charge in [-0.05, 0) is 56.5 Å². The first-order valence-corrected chi connectivity index (χ1v) is 9.75. The van der Waals surface area contributed by atoms with E-state index in [0.29, 0.717) is 23.9 Å². The molecule has 1 N–H and O–H groups in total. The molecule has 0 unspecified atom stereocenters. The first-order valence-electron chi connectivity index (χ1n) is 9.75. The summed E-state index contributed by atoms with van der Waals surface area (Å²) in [4.78, 5) is 28.3. The maximum absolute atomic E-state index is 12.9. The summed E-state index contributed by atoms with van der Waals surface area (Å²) in [5.74, 6) is 2.64. The van der Waals surface area contributed by atoms with Crippen LogP contribution in [0.25, 0.3) is 6.08 Å². The summed E-state index contributed by atoms with van der Waals surface area (Å²) in [7, 11) is 0. The summed E-state index contributed by atoms with van der Waals surface area (Å²) in [6.07, 6.45) is 9.42. The lowest BCUT2D eigenvalue weighted by atomic mass is 10.0. The predicted octanol–water partition coefficient (Wildman–Crippen LogP) is 4.28. The SMILES string of the molecule is Cc1cc(Nc2ccccn2)nc([C@@H]2CCCCN2C(=O)/C=C/c2ccco2)n1. The van der Waals surface area contributed by atoms with Gasteiger partial charge in [0.15, 0.2) is 5.82 Å². The van der Waals surface area contributed by atoms with Gasteiger partial charge >= 0.3 is 0 Å². The summed E-state index contributed by atoms with van der Waals surface area (Å²) >= 11 is 0. The summed E-state index contributed by atoms with van der Waals surface area (Å²) < 4.78 is 5.27. The number of anilines is 2. The van der Waals surface area contributed by atoms with E-state index >= 15 is 0 Å². The Morgan fingerprint density at radius 3 is 2.93 bits per heavy atom. The molecule has 0 spiro atoms. The zero-order valence-corrected chi connectivity index (χ0v) is 16.3. The van der Waals surface area contributed by atoms with Crippen molar-refractivity contribution in [3.05, 3.63) is 72.2 Å². The van der Waals surface area contributed by atoms with E-state index in [-0.39, 0.29) is 11.9 Å². The molecule has 0 aromatic carbocycles. The van der Waals surface area contributed by atoms with E-state index in [4.69, 9.17) is 9.40 Å². The van der Waals surface area contributed by atoms with Gasteiger partial charge in [-0.3, -0.25) is 4.79 Å². The molecule has 1 atom stereocenters. The maximum atomic E-state index is 12.9. The van der Waals surface area contributed by atoms with E-state index in [2.05, 4.69) is 15.3 Å². The molecular formula is C22H23N5O2. The minimum atomic E-state index is -0.151. The predicted molar refractivity (Wildman–Crippen MR) is 110 cm³/mol. The van der Waals surface area contributed by atoms with Crippen molar-refractivity contribution in [2.75, 3.05) is 11.9 Å². The summed E-state index contributed by atoms with van der Waals surface area (Å²) in [6.45, 7) is 2.62. The van der Waals surface area contributed by atoms with Crippen LogP contribution in [0.4, 0.5) is 11.6 Å². The van der Waals surface area contributed by atoms with Gasteiger partial charge in [-0.25, -0.2) is 15.0 Å². The Labute approximate surface area is 169 Å². The van der Waals surface area contributed by atoms with Crippen LogP contribution in [0.1, 0.15) is 42.6 Å².